The van der Waals surface area contributed by atoms with Crippen LogP contribution in [0.4, 0.5) is 0 Å². The van der Waals surface area contributed by atoms with Gasteiger partial charge in [-0.1, -0.05) is 157 Å². The number of ether oxygens (including phenoxy) is 3. The lowest BCUT2D eigenvalue weighted by atomic mass is 10.1. The molecule has 0 bridgehead atoms. The van der Waals surface area contributed by atoms with Crippen molar-refractivity contribution >= 4 is 17.9 Å². The number of esters is 2. The summed E-state index contributed by atoms with van der Waals surface area (Å²) in [4.78, 5) is 36.9. The molecule has 0 radical (unpaired) electrons. The first-order chi connectivity index (χ1) is 29.1. The minimum atomic E-state index is -1.13. The third kappa shape index (κ3) is 39.9. The lowest BCUT2D eigenvalue weighted by Crippen LogP contribution is -2.55. The van der Waals surface area contributed by atoms with E-state index in [1.54, 1.807) is 21.1 Å². The molecule has 342 valence electrons. The zero-order valence-electron chi connectivity index (χ0n) is 38.8. The summed E-state index contributed by atoms with van der Waals surface area (Å²) in [6.07, 6.45) is 54.7. The van der Waals surface area contributed by atoms with E-state index in [-0.39, 0.29) is 49.1 Å². The molecule has 0 rings (SSSR count). The van der Waals surface area contributed by atoms with E-state index in [0.29, 0.717) is 6.42 Å². The summed E-state index contributed by atoms with van der Waals surface area (Å²) in [7, 11) is 5.39. The van der Waals surface area contributed by atoms with Gasteiger partial charge < -0.3 is 28.6 Å². The van der Waals surface area contributed by atoms with Crippen molar-refractivity contribution in [2.45, 2.75) is 187 Å². The maximum Gasteiger partial charge on any atom is 0.306 e. The van der Waals surface area contributed by atoms with Crippen LogP contribution in [0.2, 0.25) is 0 Å². The SMILES string of the molecule is CC/C=C/C/C=C/C/C=C/C/C=C/CCCCCCCCCCCC(=O)OCC(COCCC(C(=O)[O-])[N+](C)(C)C)OC(=O)CCCCCC/C=C/C/C=C/C/C=C/CC. The van der Waals surface area contributed by atoms with Gasteiger partial charge in [-0.3, -0.25) is 9.59 Å². The monoisotopic (exact) mass is 838 g/mol. The molecule has 0 aromatic carbocycles. The minimum Gasteiger partial charge on any atom is -0.544 e. The number of allylic oxidation sites excluding steroid dienone is 14. The van der Waals surface area contributed by atoms with E-state index in [2.05, 4.69) is 98.9 Å². The van der Waals surface area contributed by atoms with Crippen molar-refractivity contribution in [2.75, 3.05) is 41.0 Å². The quantitative estimate of drug-likeness (QED) is 0.0261. The first-order valence-corrected chi connectivity index (χ1v) is 23.6. The standard InChI is InChI=1S/C52H87NO7/c1-6-8-10-12-14-16-18-20-22-23-24-25-26-27-28-29-31-32-34-36-38-40-42-50(54)59-47-48(46-58-45-44-49(52(56)57)53(3,4)5)60-51(55)43-41-39-37-35-33-30-21-19-17-15-13-11-9-7-2/h8-11,14-17,20-22,24-25,30,48-49H,6-7,12-13,18-19,23,26-29,31-47H2,1-5H3/b10-8+,11-9+,16-14+,17-15+,22-20+,25-24+,30-21+. The predicted octanol–water partition coefficient (Wildman–Crippen LogP) is 12.0. The van der Waals surface area contributed by atoms with Gasteiger partial charge in [0.15, 0.2) is 6.10 Å². The third-order valence-corrected chi connectivity index (χ3v) is 10.0. The number of unbranched alkanes of at least 4 members (excludes halogenated alkanes) is 13. The molecule has 0 aromatic heterocycles. The number of quaternary nitrogens is 1. The first kappa shape index (κ1) is 56.5. The molecule has 0 saturated heterocycles. The Kier molecular flexibility index (Phi) is 39.8. The van der Waals surface area contributed by atoms with Gasteiger partial charge in [-0.25, -0.2) is 0 Å². The Morgan fingerprint density at radius 3 is 1.30 bits per heavy atom. The van der Waals surface area contributed by atoms with Crippen LogP contribution in [0.5, 0.6) is 0 Å². The van der Waals surface area contributed by atoms with E-state index in [4.69, 9.17) is 14.2 Å². The number of nitrogens with zero attached hydrogens (tertiary/aromatic N) is 1. The maximum absolute atomic E-state index is 12.7. The summed E-state index contributed by atoms with van der Waals surface area (Å²) >= 11 is 0. The highest BCUT2D eigenvalue weighted by Gasteiger charge is 2.25. The number of carbonyl (C=O) groups excluding carboxylic acids is 3. The molecule has 0 spiro atoms. The van der Waals surface area contributed by atoms with Crippen molar-refractivity contribution in [3.8, 4) is 0 Å². The fraction of sp³-hybridized carbons (Fsp3) is 0.673. The Bertz CT molecular complexity index is 1250. The van der Waals surface area contributed by atoms with Gasteiger partial charge in [0.25, 0.3) is 0 Å². The molecule has 8 heteroatoms. The van der Waals surface area contributed by atoms with Crippen LogP contribution in [0.25, 0.3) is 0 Å². The highest BCUT2D eigenvalue weighted by Crippen LogP contribution is 2.14. The smallest absolute Gasteiger partial charge is 0.306 e. The summed E-state index contributed by atoms with van der Waals surface area (Å²) in [5.41, 5.74) is 0. The Balaban J connectivity index is 4.30. The first-order valence-electron chi connectivity index (χ1n) is 23.6. The summed E-state index contributed by atoms with van der Waals surface area (Å²) < 4.78 is 17.2. The molecule has 0 amide bonds. The van der Waals surface area contributed by atoms with Crippen LogP contribution in [0.15, 0.2) is 85.1 Å². The zero-order chi connectivity index (χ0) is 44.2. The van der Waals surface area contributed by atoms with Crippen molar-refractivity contribution in [1.82, 2.24) is 0 Å². The minimum absolute atomic E-state index is 0.0251. The highest BCUT2D eigenvalue weighted by atomic mass is 16.6. The number of carbonyl (C=O) groups is 3. The molecule has 0 aliphatic rings. The number of rotatable bonds is 41. The lowest BCUT2D eigenvalue weighted by Gasteiger charge is -2.34. The molecule has 0 saturated carbocycles. The van der Waals surface area contributed by atoms with Crippen LogP contribution in [-0.4, -0.2) is 75.5 Å². The van der Waals surface area contributed by atoms with Crippen molar-refractivity contribution in [2.24, 2.45) is 0 Å². The van der Waals surface area contributed by atoms with Crippen molar-refractivity contribution in [3.63, 3.8) is 0 Å². The topological polar surface area (TPSA) is 102 Å². The molecule has 0 heterocycles. The molecule has 2 unspecified atom stereocenters. The average Bonchev–Trinajstić information content (AvgIpc) is 3.21. The fourth-order valence-electron chi connectivity index (χ4n) is 6.43. The van der Waals surface area contributed by atoms with Gasteiger partial charge in [0.1, 0.15) is 12.6 Å². The van der Waals surface area contributed by atoms with Crippen molar-refractivity contribution in [3.05, 3.63) is 85.1 Å². The average molecular weight is 838 g/mol. The summed E-state index contributed by atoms with van der Waals surface area (Å²) in [6, 6.07) is -0.735. The second kappa shape index (κ2) is 42.2. The number of carboxylic acid groups (broad SMARTS) is 1. The molecule has 8 nitrogen and oxygen atoms in total. The van der Waals surface area contributed by atoms with E-state index >= 15 is 0 Å². The molecule has 0 aromatic rings. The van der Waals surface area contributed by atoms with Gasteiger partial charge in [0, 0.05) is 19.3 Å². The summed E-state index contributed by atoms with van der Waals surface area (Å²) in [6.45, 7) is 4.40. The van der Waals surface area contributed by atoms with Crippen LogP contribution in [-0.2, 0) is 28.6 Å². The summed E-state index contributed by atoms with van der Waals surface area (Å²) in [5.74, 6) is -1.78. The molecule has 0 fully saturated rings. The lowest BCUT2D eigenvalue weighted by molar-refractivity contribution is -0.889. The normalized spacial score (nSPS) is 13.7. The van der Waals surface area contributed by atoms with Gasteiger partial charge in [-0.05, 0) is 83.5 Å². The second-order valence-corrected chi connectivity index (χ2v) is 16.6. The number of hydrogen-bond donors (Lipinski definition) is 0. The van der Waals surface area contributed by atoms with Crippen LogP contribution in [0.1, 0.15) is 174 Å². The van der Waals surface area contributed by atoms with E-state index < -0.39 is 18.1 Å². The van der Waals surface area contributed by atoms with E-state index in [0.717, 1.165) is 103 Å². The third-order valence-electron chi connectivity index (χ3n) is 10.0. The molecule has 0 aliphatic carbocycles. The number of carboxylic acids is 1. The second-order valence-electron chi connectivity index (χ2n) is 16.6. The molecule has 2 atom stereocenters. The molecular formula is C52H87NO7. The van der Waals surface area contributed by atoms with Gasteiger partial charge in [0.05, 0.1) is 40.3 Å². The Morgan fingerprint density at radius 1 is 0.500 bits per heavy atom. The van der Waals surface area contributed by atoms with Gasteiger partial charge in [-0.2, -0.15) is 0 Å². The molecule has 0 N–H and O–H groups in total. The van der Waals surface area contributed by atoms with Crippen molar-refractivity contribution < 1.29 is 38.2 Å². The Morgan fingerprint density at radius 2 is 0.883 bits per heavy atom. The van der Waals surface area contributed by atoms with Crippen LogP contribution >= 0.6 is 0 Å². The number of hydrogen-bond acceptors (Lipinski definition) is 7. The van der Waals surface area contributed by atoms with Crippen LogP contribution in [0, 0.1) is 0 Å². The molecule has 60 heavy (non-hydrogen) atoms. The van der Waals surface area contributed by atoms with Gasteiger partial charge in [-0.15, -0.1) is 0 Å². The Hall–Kier alpha value is -3.49. The highest BCUT2D eigenvalue weighted by molar-refractivity contribution is 5.70. The zero-order valence-corrected chi connectivity index (χ0v) is 38.8. The van der Waals surface area contributed by atoms with E-state index in [1.165, 1.54) is 38.5 Å². The van der Waals surface area contributed by atoms with E-state index in [1.807, 2.05) is 0 Å². The van der Waals surface area contributed by atoms with E-state index in [9.17, 15) is 19.5 Å². The van der Waals surface area contributed by atoms with Crippen LogP contribution in [0.3, 0.4) is 0 Å². The Labute approximate surface area is 367 Å². The summed E-state index contributed by atoms with van der Waals surface area (Å²) in [5, 5.41) is 11.6. The number of aliphatic carboxylic acids is 1. The molecular weight excluding hydrogens is 751 g/mol. The van der Waals surface area contributed by atoms with Gasteiger partial charge >= 0.3 is 11.9 Å². The van der Waals surface area contributed by atoms with Crippen LogP contribution < -0.4 is 5.11 Å². The molecule has 0 aliphatic heterocycles. The number of likely N-dealkylation sites (N-methyl/N-ethyl adjacent to an activating group) is 1. The largest absolute Gasteiger partial charge is 0.544 e. The predicted molar refractivity (Wildman–Crippen MR) is 249 cm³/mol. The maximum atomic E-state index is 12.7. The van der Waals surface area contributed by atoms with Crippen molar-refractivity contribution in [1.29, 1.82) is 0 Å². The fourth-order valence-corrected chi connectivity index (χ4v) is 6.43. The van der Waals surface area contributed by atoms with Gasteiger partial charge in [0.2, 0.25) is 0 Å².